The zero-order chi connectivity index (χ0) is 15.5. The number of alkyl halides is 3. The largest absolute Gasteiger partial charge is 0.433 e. The Hall–Kier alpha value is -2.51. The number of rotatable bonds is 3. The number of nitrogens with one attached hydrogen (secondary N) is 1. The van der Waals surface area contributed by atoms with Crippen molar-refractivity contribution < 1.29 is 22.7 Å². The van der Waals surface area contributed by atoms with Crippen molar-refractivity contribution in [3.63, 3.8) is 0 Å². The molecule has 0 saturated heterocycles. The first-order valence-corrected chi connectivity index (χ1v) is 6.09. The van der Waals surface area contributed by atoms with Gasteiger partial charge in [-0.05, 0) is 19.1 Å². The first-order valence-electron chi connectivity index (χ1n) is 6.09. The van der Waals surface area contributed by atoms with Crippen LogP contribution < -0.4 is 10.1 Å². The molecule has 8 heteroatoms. The zero-order valence-corrected chi connectivity index (χ0v) is 11.0. The summed E-state index contributed by atoms with van der Waals surface area (Å²) in [5.41, 5.74) is -0.931. The lowest BCUT2D eigenvalue weighted by Crippen LogP contribution is -2.17. The number of carbonyl (C=O) groups excluding carboxylic acids is 1. The van der Waals surface area contributed by atoms with Gasteiger partial charge in [0, 0.05) is 12.6 Å². The molecule has 0 saturated carbocycles. The van der Waals surface area contributed by atoms with Crippen LogP contribution in [-0.4, -0.2) is 15.9 Å². The summed E-state index contributed by atoms with van der Waals surface area (Å²) in [7, 11) is 0. The normalized spacial score (nSPS) is 11.2. The van der Waals surface area contributed by atoms with E-state index in [4.69, 9.17) is 4.74 Å². The second-order valence-electron chi connectivity index (χ2n) is 4.06. The van der Waals surface area contributed by atoms with Crippen molar-refractivity contribution in [2.45, 2.75) is 19.6 Å². The molecule has 1 N–H and O–H groups in total. The zero-order valence-electron chi connectivity index (χ0n) is 11.0. The molecule has 1 aromatic heterocycles. The molecule has 2 rings (SSSR count). The Bertz CT molecular complexity index is 623. The Balaban J connectivity index is 2.09. The average Bonchev–Trinajstić information content (AvgIpc) is 2.82. The van der Waals surface area contributed by atoms with E-state index in [2.05, 4.69) is 10.4 Å². The summed E-state index contributed by atoms with van der Waals surface area (Å²) in [6.07, 6.45) is -5.44. The highest BCUT2D eigenvalue weighted by atomic mass is 19.4. The lowest BCUT2D eigenvalue weighted by atomic mass is 10.3. The molecule has 5 nitrogen and oxygen atoms in total. The van der Waals surface area contributed by atoms with Crippen molar-refractivity contribution in [2.24, 2.45) is 0 Å². The lowest BCUT2D eigenvalue weighted by Gasteiger charge is -2.06. The minimum atomic E-state index is -4.54. The van der Waals surface area contributed by atoms with Crippen molar-refractivity contribution in [2.75, 3.05) is 5.32 Å². The van der Waals surface area contributed by atoms with Crippen LogP contribution in [0.25, 0.3) is 0 Å². The van der Waals surface area contributed by atoms with Gasteiger partial charge in [-0.3, -0.25) is 10.00 Å². The molecule has 0 spiro atoms. The fraction of sp³-hybridized carbons (Fsp3) is 0.231. The van der Waals surface area contributed by atoms with E-state index >= 15 is 0 Å². The standard InChI is InChI=1S/C13H12F3N3O2/c1-2-19-10(13(14,15)16)8-11(18-19)17-12(20)21-9-6-4-3-5-7-9/h3-8H,2H2,1H3,(H,17,18,20). The SMILES string of the molecule is CCn1nc(NC(=O)Oc2ccccc2)cc1C(F)(F)F. The van der Waals surface area contributed by atoms with Gasteiger partial charge < -0.3 is 4.74 Å². The molecule has 1 aromatic carbocycles. The number of ether oxygens (including phenoxy) is 1. The summed E-state index contributed by atoms with van der Waals surface area (Å²) in [5.74, 6) is 0.0612. The van der Waals surface area contributed by atoms with Gasteiger partial charge in [0.1, 0.15) is 11.4 Å². The van der Waals surface area contributed by atoms with Crippen LogP contribution in [0.1, 0.15) is 12.6 Å². The second-order valence-corrected chi connectivity index (χ2v) is 4.06. The molecular weight excluding hydrogens is 287 g/mol. The average molecular weight is 299 g/mol. The fourth-order valence-corrected chi connectivity index (χ4v) is 1.67. The maximum absolute atomic E-state index is 12.7. The molecule has 0 unspecified atom stereocenters. The maximum Gasteiger partial charge on any atom is 0.433 e. The monoisotopic (exact) mass is 299 g/mol. The molecule has 1 heterocycles. The molecule has 0 atom stereocenters. The van der Waals surface area contributed by atoms with Crippen LogP contribution in [0.4, 0.5) is 23.8 Å². The van der Waals surface area contributed by atoms with Gasteiger partial charge >= 0.3 is 12.3 Å². The van der Waals surface area contributed by atoms with Gasteiger partial charge in [0.2, 0.25) is 0 Å². The van der Waals surface area contributed by atoms with E-state index in [0.717, 1.165) is 10.7 Å². The Labute approximate surface area is 118 Å². The minimum absolute atomic E-state index is 0.0320. The van der Waals surface area contributed by atoms with Gasteiger partial charge in [-0.2, -0.15) is 18.3 Å². The number of halogens is 3. The summed E-state index contributed by atoms with van der Waals surface area (Å²) < 4.78 is 43.9. The Morgan fingerprint density at radius 3 is 2.52 bits per heavy atom. The number of para-hydroxylation sites is 1. The molecule has 0 radical (unpaired) electrons. The molecule has 0 bridgehead atoms. The van der Waals surface area contributed by atoms with E-state index in [9.17, 15) is 18.0 Å². The summed E-state index contributed by atoms with van der Waals surface area (Å²) in [6, 6.07) is 8.92. The molecule has 21 heavy (non-hydrogen) atoms. The first kappa shape index (κ1) is 14.9. The number of benzene rings is 1. The summed E-state index contributed by atoms with van der Waals surface area (Å²) >= 11 is 0. The number of nitrogens with zero attached hydrogens (tertiary/aromatic N) is 2. The molecule has 0 aliphatic carbocycles. The molecule has 0 aliphatic rings. The quantitative estimate of drug-likeness (QED) is 0.943. The molecule has 2 aromatic rings. The number of hydrogen-bond donors (Lipinski definition) is 1. The predicted molar refractivity (Wildman–Crippen MR) is 69.0 cm³/mol. The number of hydrogen-bond acceptors (Lipinski definition) is 3. The van der Waals surface area contributed by atoms with Gasteiger partial charge in [-0.15, -0.1) is 0 Å². The summed E-state index contributed by atoms with van der Waals surface area (Å²) in [5, 5.41) is 5.83. The number of amides is 1. The Morgan fingerprint density at radius 1 is 1.33 bits per heavy atom. The summed E-state index contributed by atoms with van der Waals surface area (Å²) in [6.45, 7) is 1.55. The summed E-state index contributed by atoms with van der Waals surface area (Å²) in [4.78, 5) is 11.6. The molecule has 0 fully saturated rings. The van der Waals surface area contributed by atoms with Crippen LogP contribution in [0.15, 0.2) is 36.4 Å². The number of carbonyl (C=O) groups is 1. The molecular formula is C13H12F3N3O2. The van der Waals surface area contributed by atoms with Gasteiger partial charge in [-0.1, -0.05) is 18.2 Å². The molecule has 112 valence electrons. The highest BCUT2D eigenvalue weighted by Gasteiger charge is 2.35. The minimum Gasteiger partial charge on any atom is -0.410 e. The number of aromatic nitrogens is 2. The van der Waals surface area contributed by atoms with Gasteiger partial charge in [-0.25, -0.2) is 4.79 Å². The third kappa shape index (κ3) is 3.74. The van der Waals surface area contributed by atoms with Gasteiger partial charge in [0.25, 0.3) is 0 Å². The highest BCUT2D eigenvalue weighted by Crippen LogP contribution is 2.30. The van der Waals surface area contributed by atoms with Crippen molar-refractivity contribution in [1.82, 2.24) is 9.78 Å². The van der Waals surface area contributed by atoms with Crippen LogP contribution in [0, 0.1) is 0 Å². The van der Waals surface area contributed by atoms with Crippen LogP contribution in [0.3, 0.4) is 0 Å². The number of anilines is 1. The van der Waals surface area contributed by atoms with Crippen molar-refractivity contribution in [3.05, 3.63) is 42.1 Å². The Kier molecular flexibility index (Phi) is 4.15. The second kappa shape index (κ2) is 5.86. The van der Waals surface area contributed by atoms with Crippen LogP contribution in [0.2, 0.25) is 0 Å². The topological polar surface area (TPSA) is 56.2 Å². The van der Waals surface area contributed by atoms with Crippen molar-refractivity contribution >= 4 is 11.9 Å². The first-order chi connectivity index (χ1) is 9.90. The maximum atomic E-state index is 12.7. The van der Waals surface area contributed by atoms with Crippen LogP contribution in [-0.2, 0) is 12.7 Å². The third-order valence-corrected chi connectivity index (χ3v) is 2.55. The third-order valence-electron chi connectivity index (χ3n) is 2.55. The van der Waals surface area contributed by atoms with Crippen molar-refractivity contribution in [3.8, 4) is 5.75 Å². The van der Waals surface area contributed by atoms with E-state index < -0.39 is 18.0 Å². The smallest absolute Gasteiger partial charge is 0.410 e. The lowest BCUT2D eigenvalue weighted by molar-refractivity contribution is -0.144. The highest BCUT2D eigenvalue weighted by molar-refractivity contribution is 5.85. The van der Waals surface area contributed by atoms with Crippen LogP contribution >= 0.6 is 0 Å². The van der Waals surface area contributed by atoms with Crippen molar-refractivity contribution in [1.29, 1.82) is 0 Å². The Morgan fingerprint density at radius 2 is 2.00 bits per heavy atom. The number of aryl methyl sites for hydroxylation is 1. The van der Waals surface area contributed by atoms with E-state index in [1.807, 2.05) is 0 Å². The molecule has 1 amide bonds. The van der Waals surface area contributed by atoms with E-state index in [1.165, 1.54) is 6.92 Å². The van der Waals surface area contributed by atoms with E-state index in [1.54, 1.807) is 30.3 Å². The fourth-order valence-electron chi connectivity index (χ4n) is 1.67. The molecule has 0 aliphatic heterocycles. The van der Waals surface area contributed by atoms with E-state index in [-0.39, 0.29) is 18.1 Å². The van der Waals surface area contributed by atoms with Gasteiger partial charge in [0.05, 0.1) is 0 Å². The van der Waals surface area contributed by atoms with Gasteiger partial charge in [0.15, 0.2) is 5.82 Å². The predicted octanol–water partition coefficient (Wildman–Crippen LogP) is 3.53. The van der Waals surface area contributed by atoms with E-state index in [0.29, 0.717) is 0 Å². The van der Waals surface area contributed by atoms with Crippen LogP contribution in [0.5, 0.6) is 5.75 Å².